The van der Waals surface area contributed by atoms with E-state index in [0.717, 1.165) is 32.5 Å². The SMILES string of the molecule is CC(NC(=O)NC1CCN(Cc2ccncc2)CC1)c1ccccc1F. The summed E-state index contributed by atoms with van der Waals surface area (Å²) in [5, 5.41) is 5.84. The average Bonchev–Trinajstić information content (AvgIpc) is 2.64. The minimum Gasteiger partial charge on any atom is -0.335 e. The Kier molecular flexibility index (Phi) is 6.17. The molecule has 1 aliphatic rings. The molecule has 0 aliphatic carbocycles. The van der Waals surface area contributed by atoms with Crippen LogP contribution in [0.25, 0.3) is 0 Å². The monoisotopic (exact) mass is 356 g/mol. The first-order chi connectivity index (χ1) is 12.6. The van der Waals surface area contributed by atoms with Crippen LogP contribution >= 0.6 is 0 Å². The van der Waals surface area contributed by atoms with Crippen LogP contribution in [-0.4, -0.2) is 35.0 Å². The van der Waals surface area contributed by atoms with Gasteiger partial charge in [0.05, 0.1) is 6.04 Å². The van der Waals surface area contributed by atoms with Gasteiger partial charge < -0.3 is 10.6 Å². The van der Waals surface area contributed by atoms with Crippen molar-refractivity contribution < 1.29 is 9.18 Å². The summed E-state index contributed by atoms with van der Waals surface area (Å²) in [6.07, 6.45) is 5.44. The van der Waals surface area contributed by atoms with E-state index < -0.39 is 0 Å². The molecule has 1 unspecified atom stereocenters. The molecule has 0 spiro atoms. The topological polar surface area (TPSA) is 57.3 Å². The number of hydrogen-bond acceptors (Lipinski definition) is 3. The number of piperidine rings is 1. The molecule has 5 nitrogen and oxygen atoms in total. The van der Waals surface area contributed by atoms with Crippen LogP contribution in [0, 0.1) is 5.82 Å². The second kappa shape index (κ2) is 8.76. The quantitative estimate of drug-likeness (QED) is 0.865. The van der Waals surface area contributed by atoms with Crippen LogP contribution in [0.4, 0.5) is 9.18 Å². The number of likely N-dealkylation sites (tertiary alicyclic amines) is 1. The van der Waals surface area contributed by atoms with E-state index in [2.05, 4.69) is 20.5 Å². The van der Waals surface area contributed by atoms with Crippen LogP contribution < -0.4 is 10.6 Å². The summed E-state index contributed by atoms with van der Waals surface area (Å²) in [5.41, 5.74) is 1.75. The Morgan fingerprint density at radius 3 is 2.62 bits per heavy atom. The van der Waals surface area contributed by atoms with Gasteiger partial charge in [-0.15, -0.1) is 0 Å². The third kappa shape index (κ3) is 5.02. The standard InChI is InChI=1S/C20H25FN4O/c1-15(18-4-2-3-5-19(18)21)23-20(26)24-17-8-12-25(13-9-17)14-16-6-10-22-11-7-16/h2-7,10-11,15,17H,8-9,12-14H2,1H3,(H2,23,24,26). The molecule has 1 atom stereocenters. The second-order valence-corrected chi connectivity index (χ2v) is 6.77. The van der Waals surface area contributed by atoms with Gasteiger partial charge >= 0.3 is 6.03 Å². The first-order valence-corrected chi connectivity index (χ1v) is 9.04. The molecule has 2 amide bonds. The average molecular weight is 356 g/mol. The van der Waals surface area contributed by atoms with Crippen LogP contribution in [0.15, 0.2) is 48.8 Å². The zero-order valence-corrected chi connectivity index (χ0v) is 15.0. The van der Waals surface area contributed by atoms with Crippen molar-refractivity contribution in [2.75, 3.05) is 13.1 Å². The number of nitrogens with one attached hydrogen (secondary N) is 2. The molecule has 1 aliphatic heterocycles. The fourth-order valence-electron chi connectivity index (χ4n) is 3.31. The number of carbonyl (C=O) groups excluding carboxylic acids is 1. The smallest absolute Gasteiger partial charge is 0.315 e. The molecule has 2 heterocycles. The lowest BCUT2D eigenvalue weighted by Gasteiger charge is -2.32. The summed E-state index contributed by atoms with van der Waals surface area (Å²) in [6.45, 7) is 4.58. The van der Waals surface area contributed by atoms with Gasteiger partial charge in [-0.1, -0.05) is 18.2 Å². The number of halogens is 1. The summed E-state index contributed by atoms with van der Waals surface area (Å²) < 4.78 is 13.8. The third-order valence-electron chi connectivity index (χ3n) is 4.80. The van der Waals surface area contributed by atoms with E-state index in [9.17, 15) is 9.18 Å². The van der Waals surface area contributed by atoms with E-state index in [-0.39, 0.29) is 23.9 Å². The molecule has 26 heavy (non-hydrogen) atoms. The molecule has 1 aromatic carbocycles. The minimum absolute atomic E-state index is 0.150. The van der Waals surface area contributed by atoms with Gasteiger partial charge in [0.25, 0.3) is 0 Å². The van der Waals surface area contributed by atoms with Crippen molar-refractivity contribution in [3.8, 4) is 0 Å². The van der Waals surface area contributed by atoms with Crippen molar-refractivity contribution in [1.29, 1.82) is 0 Å². The lowest BCUT2D eigenvalue weighted by Crippen LogP contribution is -2.48. The predicted molar refractivity (Wildman–Crippen MR) is 99.0 cm³/mol. The van der Waals surface area contributed by atoms with Gasteiger partial charge in [0.1, 0.15) is 5.82 Å². The van der Waals surface area contributed by atoms with E-state index in [1.54, 1.807) is 25.1 Å². The molecule has 0 saturated carbocycles. The molecule has 138 valence electrons. The number of hydrogen-bond donors (Lipinski definition) is 2. The lowest BCUT2D eigenvalue weighted by molar-refractivity contribution is 0.186. The first-order valence-electron chi connectivity index (χ1n) is 9.04. The number of aromatic nitrogens is 1. The Hall–Kier alpha value is -2.47. The predicted octanol–water partition coefficient (Wildman–Crippen LogP) is 3.25. The van der Waals surface area contributed by atoms with E-state index in [1.165, 1.54) is 11.6 Å². The van der Waals surface area contributed by atoms with Gasteiger partial charge in [-0.25, -0.2) is 9.18 Å². The normalized spacial score (nSPS) is 16.8. The molecule has 6 heteroatoms. The van der Waals surface area contributed by atoms with Crippen LogP contribution in [0.1, 0.15) is 36.9 Å². The van der Waals surface area contributed by atoms with Crippen LogP contribution in [-0.2, 0) is 6.54 Å². The van der Waals surface area contributed by atoms with E-state index in [0.29, 0.717) is 5.56 Å². The van der Waals surface area contributed by atoms with Crippen molar-refractivity contribution >= 4 is 6.03 Å². The van der Waals surface area contributed by atoms with Crippen molar-refractivity contribution in [2.45, 2.75) is 38.4 Å². The fraction of sp³-hybridized carbons (Fsp3) is 0.400. The molecular formula is C20H25FN4O. The van der Waals surface area contributed by atoms with Crippen molar-refractivity contribution in [1.82, 2.24) is 20.5 Å². The zero-order valence-electron chi connectivity index (χ0n) is 15.0. The highest BCUT2D eigenvalue weighted by atomic mass is 19.1. The number of benzene rings is 1. The summed E-state index contributed by atoms with van der Waals surface area (Å²) in [7, 11) is 0. The molecule has 1 aromatic heterocycles. The molecule has 1 saturated heterocycles. The highest BCUT2D eigenvalue weighted by Crippen LogP contribution is 2.17. The lowest BCUT2D eigenvalue weighted by atomic mass is 10.0. The van der Waals surface area contributed by atoms with Gasteiger partial charge in [-0.2, -0.15) is 0 Å². The molecule has 0 radical (unpaired) electrons. The highest BCUT2D eigenvalue weighted by molar-refractivity contribution is 5.74. The molecule has 0 bridgehead atoms. The van der Waals surface area contributed by atoms with Crippen molar-refractivity contribution in [3.05, 3.63) is 65.7 Å². The Balaban J connectivity index is 1.43. The minimum atomic E-state index is -0.372. The Morgan fingerprint density at radius 2 is 1.92 bits per heavy atom. The van der Waals surface area contributed by atoms with Gasteiger partial charge in [0.2, 0.25) is 0 Å². The maximum Gasteiger partial charge on any atom is 0.315 e. The number of rotatable bonds is 5. The summed E-state index contributed by atoms with van der Waals surface area (Å²) in [6, 6.07) is 10.1. The number of nitrogens with zero attached hydrogens (tertiary/aromatic N) is 2. The molecule has 1 fully saturated rings. The maximum atomic E-state index is 13.8. The first kappa shape index (κ1) is 18.3. The molecule has 3 rings (SSSR count). The van der Waals surface area contributed by atoms with Crippen molar-refractivity contribution in [2.24, 2.45) is 0 Å². The second-order valence-electron chi connectivity index (χ2n) is 6.77. The summed E-state index contributed by atoms with van der Waals surface area (Å²) in [4.78, 5) is 18.6. The summed E-state index contributed by atoms with van der Waals surface area (Å²) in [5.74, 6) is -0.301. The van der Waals surface area contributed by atoms with Crippen LogP contribution in [0.3, 0.4) is 0 Å². The Labute approximate surface area is 153 Å². The maximum absolute atomic E-state index is 13.8. The summed E-state index contributed by atoms with van der Waals surface area (Å²) >= 11 is 0. The van der Waals surface area contributed by atoms with Gasteiger partial charge in [-0.3, -0.25) is 9.88 Å². The fourth-order valence-corrected chi connectivity index (χ4v) is 3.31. The highest BCUT2D eigenvalue weighted by Gasteiger charge is 2.21. The number of urea groups is 1. The number of carbonyl (C=O) groups is 1. The molecule has 2 aromatic rings. The van der Waals surface area contributed by atoms with Gasteiger partial charge in [-0.05, 0) is 43.5 Å². The van der Waals surface area contributed by atoms with E-state index in [4.69, 9.17) is 0 Å². The van der Waals surface area contributed by atoms with E-state index in [1.807, 2.05) is 24.5 Å². The number of pyridine rings is 1. The Morgan fingerprint density at radius 1 is 1.23 bits per heavy atom. The molecular weight excluding hydrogens is 331 g/mol. The molecule has 2 N–H and O–H groups in total. The van der Waals surface area contributed by atoms with Crippen LogP contribution in [0.2, 0.25) is 0 Å². The third-order valence-corrected chi connectivity index (χ3v) is 4.80. The zero-order chi connectivity index (χ0) is 18.4. The van der Waals surface area contributed by atoms with Crippen molar-refractivity contribution in [3.63, 3.8) is 0 Å². The van der Waals surface area contributed by atoms with Gasteiger partial charge in [0.15, 0.2) is 0 Å². The van der Waals surface area contributed by atoms with E-state index >= 15 is 0 Å². The Bertz CT molecular complexity index is 717. The van der Waals surface area contributed by atoms with Crippen LogP contribution in [0.5, 0.6) is 0 Å². The largest absolute Gasteiger partial charge is 0.335 e. The number of amides is 2. The van der Waals surface area contributed by atoms with Gasteiger partial charge in [0, 0.05) is 43.6 Å².